The Morgan fingerprint density at radius 1 is 1.00 bits per heavy atom. The van der Waals surface area contributed by atoms with Crippen LogP contribution >= 0.6 is 0 Å². The van der Waals surface area contributed by atoms with Gasteiger partial charge in [0.2, 0.25) is 0 Å². The van der Waals surface area contributed by atoms with Crippen LogP contribution in [0.4, 0.5) is 0 Å². The lowest BCUT2D eigenvalue weighted by atomic mass is 10.1. The number of para-hydroxylation sites is 1. The molecule has 26 heavy (non-hydrogen) atoms. The molecule has 0 saturated heterocycles. The molecule has 0 spiro atoms. The van der Waals surface area contributed by atoms with Crippen molar-refractivity contribution in [2.45, 2.75) is 12.6 Å². The summed E-state index contributed by atoms with van der Waals surface area (Å²) in [6.45, 7) is 0. The SMILES string of the molecule is O=C(NC(Cc1ccccc1)n1nnc2ccccc21)c1cccnc1. The fraction of sp³-hybridized carbons (Fsp3) is 0.100. The monoisotopic (exact) mass is 343 g/mol. The first-order valence-electron chi connectivity index (χ1n) is 8.36. The van der Waals surface area contributed by atoms with Gasteiger partial charge in [-0.3, -0.25) is 9.78 Å². The Balaban J connectivity index is 1.68. The maximum absolute atomic E-state index is 12.7. The van der Waals surface area contributed by atoms with E-state index in [0.717, 1.165) is 16.6 Å². The summed E-state index contributed by atoms with van der Waals surface area (Å²) in [7, 11) is 0. The molecule has 1 unspecified atom stereocenters. The molecule has 0 aliphatic heterocycles. The molecular formula is C20H17N5O. The summed E-state index contributed by atoms with van der Waals surface area (Å²) in [6, 6.07) is 21.2. The predicted molar refractivity (Wildman–Crippen MR) is 98.4 cm³/mol. The number of pyridine rings is 1. The topological polar surface area (TPSA) is 72.7 Å². The molecule has 0 bridgehead atoms. The molecule has 4 aromatic rings. The molecule has 0 saturated carbocycles. The van der Waals surface area contributed by atoms with Crippen molar-refractivity contribution in [3.63, 3.8) is 0 Å². The van der Waals surface area contributed by atoms with E-state index in [0.29, 0.717) is 12.0 Å². The zero-order valence-electron chi connectivity index (χ0n) is 14.0. The zero-order valence-corrected chi connectivity index (χ0v) is 14.0. The molecule has 2 heterocycles. The third kappa shape index (κ3) is 3.30. The highest BCUT2D eigenvalue weighted by Gasteiger charge is 2.19. The van der Waals surface area contributed by atoms with Gasteiger partial charge in [-0.2, -0.15) is 0 Å². The van der Waals surface area contributed by atoms with Gasteiger partial charge in [0.15, 0.2) is 0 Å². The Morgan fingerprint density at radius 2 is 1.81 bits per heavy atom. The molecule has 1 N–H and O–H groups in total. The van der Waals surface area contributed by atoms with Gasteiger partial charge in [-0.25, -0.2) is 4.68 Å². The van der Waals surface area contributed by atoms with Crippen LogP contribution in [0.25, 0.3) is 11.0 Å². The van der Waals surface area contributed by atoms with E-state index in [1.165, 1.54) is 0 Å². The summed E-state index contributed by atoms with van der Waals surface area (Å²) in [5.74, 6) is -0.196. The smallest absolute Gasteiger partial charge is 0.254 e. The van der Waals surface area contributed by atoms with Gasteiger partial charge in [0.1, 0.15) is 11.7 Å². The molecule has 0 aliphatic carbocycles. The van der Waals surface area contributed by atoms with Crippen LogP contribution in [0.15, 0.2) is 79.1 Å². The number of carbonyl (C=O) groups excluding carboxylic acids is 1. The minimum atomic E-state index is -0.363. The Kier molecular flexibility index (Phi) is 4.38. The fourth-order valence-corrected chi connectivity index (χ4v) is 2.88. The molecule has 4 rings (SSSR count). The van der Waals surface area contributed by atoms with Gasteiger partial charge < -0.3 is 5.32 Å². The lowest BCUT2D eigenvalue weighted by molar-refractivity contribution is 0.0916. The Bertz CT molecular complexity index is 1010. The first-order valence-corrected chi connectivity index (χ1v) is 8.36. The number of aromatic nitrogens is 4. The van der Waals surface area contributed by atoms with E-state index in [-0.39, 0.29) is 12.1 Å². The standard InChI is InChI=1S/C20H17N5O/c26-20(16-9-6-12-21-14-16)22-19(13-15-7-2-1-3-8-15)25-18-11-5-4-10-17(18)23-24-25/h1-12,14,19H,13H2,(H,22,26). The van der Waals surface area contributed by atoms with Gasteiger partial charge in [-0.1, -0.05) is 47.7 Å². The van der Waals surface area contributed by atoms with E-state index in [9.17, 15) is 4.79 Å². The first-order chi connectivity index (χ1) is 12.8. The normalized spacial score (nSPS) is 12.0. The number of nitrogens with one attached hydrogen (secondary N) is 1. The van der Waals surface area contributed by atoms with Gasteiger partial charge in [0.05, 0.1) is 11.1 Å². The minimum absolute atomic E-state index is 0.196. The van der Waals surface area contributed by atoms with Crippen LogP contribution in [0, 0.1) is 0 Å². The highest BCUT2D eigenvalue weighted by molar-refractivity contribution is 5.94. The maximum atomic E-state index is 12.7. The number of hydrogen-bond acceptors (Lipinski definition) is 4. The minimum Gasteiger partial charge on any atom is -0.330 e. The third-order valence-corrected chi connectivity index (χ3v) is 4.17. The van der Waals surface area contributed by atoms with Crippen molar-refractivity contribution < 1.29 is 4.79 Å². The van der Waals surface area contributed by atoms with Gasteiger partial charge >= 0.3 is 0 Å². The molecule has 6 heteroatoms. The molecule has 0 radical (unpaired) electrons. The zero-order chi connectivity index (χ0) is 17.8. The summed E-state index contributed by atoms with van der Waals surface area (Å²) >= 11 is 0. The molecule has 2 aromatic heterocycles. The lowest BCUT2D eigenvalue weighted by Crippen LogP contribution is -2.34. The number of carbonyl (C=O) groups is 1. The molecule has 1 atom stereocenters. The second-order valence-corrected chi connectivity index (χ2v) is 5.94. The Hall–Kier alpha value is -3.54. The van der Waals surface area contributed by atoms with Crippen LogP contribution in [-0.4, -0.2) is 25.9 Å². The predicted octanol–water partition coefficient (Wildman–Crippen LogP) is 3.00. The number of amides is 1. The Labute approximate surface area is 150 Å². The largest absolute Gasteiger partial charge is 0.330 e. The van der Waals surface area contributed by atoms with E-state index in [4.69, 9.17) is 0 Å². The van der Waals surface area contributed by atoms with E-state index >= 15 is 0 Å². The number of fused-ring (bicyclic) bond motifs is 1. The highest BCUT2D eigenvalue weighted by Crippen LogP contribution is 2.18. The average molecular weight is 343 g/mol. The van der Waals surface area contributed by atoms with Crippen molar-refractivity contribution in [3.8, 4) is 0 Å². The van der Waals surface area contributed by atoms with Crippen LogP contribution in [0.3, 0.4) is 0 Å². The molecule has 1 amide bonds. The molecule has 0 fully saturated rings. The summed E-state index contributed by atoms with van der Waals surface area (Å²) in [6.07, 6.45) is 3.43. The Morgan fingerprint density at radius 3 is 2.62 bits per heavy atom. The van der Waals surface area contributed by atoms with Crippen molar-refractivity contribution in [1.82, 2.24) is 25.3 Å². The first kappa shape index (κ1) is 16.0. The maximum Gasteiger partial charge on any atom is 0.254 e. The van der Waals surface area contributed by atoms with E-state index in [1.54, 1.807) is 29.2 Å². The summed E-state index contributed by atoms with van der Waals surface area (Å²) < 4.78 is 1.76. The number of hydrogen-bond donors (Lipinski definition) is 1. The van der Waals surface area contributed by atoms with Crippen molar-refractivity contribution in [3.05, 3.63) is 90.3 Å². The van der Waals surface area contributed by atoms with E-state index < -0.39 is 0 Å². The molecule has 6 nitrogen and oxygen atoms in total. The summed E-state index contributed by atoms with van der Waals surface area (Å²) in [4.78, 5) is 16.7. The van der Waals surface area contributed by atoms with Gasteiger partial charge in [-0.15, -0.1) is 5.10 Å². The van der Waals surface area contributed by atoms with Gasteiger partial charge in [-0.05, 0) is 29.8 Å². The fourth-order valence-electron chi connectivity index (χ4n) is 2.88. The second kappa shape index (κ2) is 7.14. The van der Waals surface area contributed by atoms with Crippen LogP contribution in [-0.2, 0) is 6.42 Å². The van der Waals surface area contributed by atoms with Crippen LogP contribution in [0.5, 0.6) is 0 Å². The molecule has 0 aliphatic rings. The lowest BCUT2D eigenvalue weighted by Gasteiger charge is -2.20. The quantitative estimate of drug-likeness (QED) is 0.605. The number of benzene rings is 2. The van der Waals surface area contributed by atoms with E-state index in [1.807, 2.05) is 54.6 Å². The van der Waals surface area contributed by atoms with E-state index in [2.05, 4.69) is 20.6 Å². The molecular weight excluding hydrogens is 326 g/mol. The van der Waals surface area contributed by atoms with Gasteiger partial charge in [0.25, 0.3) is 5.91 Å². The summed E-state index contributed by atoms with van der Waals surface area (Å²) in [5.41, 5.74) is 3.28. The summed E-state index contributed by atoms with van der Waals surface area (Å²) in [5, 5.41) is 11.5. The van der Waals surface area contributed by atoms with Crippen molar-refractivity contribution in [2.75, 3.05) is 0 Å². The molecule has 128 valence electrons. The highest BCUT2D eigenvalue weighted by atomic mass is 16.1. The van der Waals surface area contributed by atoms with Crippen LogP contribution in [0.1, 0.15) is 22.1 Å². The van der Waals surface area contributed by atoms with Crippen molar-refractivity contribution in [2.24, 2.45) is 0 Å². The van der Waals surface area contributed by atoms with Crippen LogP contribution in [0.2, 0.25) is 0 Å². The third-order valence-electron chi connectivity index (χ3n) is 4.17. The van der Waals surface area contributed by atoms with Gasteiger partial charge in [0, 0.05) is 18.8 Å². The number of nitrogens with zero attached hydrogens (tertiary/aromatic N) is 4. The number of rotatable bonds is 5. The second-order valence-electron chi connectivity index (χ2n) is 5.94. The van der Waals surface area contributed by atoms with Crippen molar-refractivity contribution >= 4 is 16.9 Å². The van der Waals surface area contributed by atoms with Crippen LogP contribution < -0.4 is 5.32 Å². The van der Waals surface area contributed by atoms with Crippen molar-refractivity contribution in [1.29, 1.82) is 0 Å². The molecule has 2 aromatic carbocycles. The average Bonchev–Trinajstić information content (AvgIpc) is 3.13.